The first kappa shape index (κ1) is 19.8. The Bertz CT molecular complexity index is 886. The van der Waals surface area contributed by atoms with Crippen molar-refractivity contribution in [2.24, 2.45) is 0 Å². The molecule has 2 aromatic carbocycles. The number of nitro groups is 1. The maximum absolute atomic E-state index is 12.5. The molecule has 0 spiro atoms. The summed E-state index contributed by atoms with van der Waals surface area (Å²) in [7, 11) is 0. The summed E-state index contributed by atoms with van der Waals surface area (Å²) in [5.74, 6) is -0.914. The highest BCUT2D eigenvalue weighted by Crippen LogP contribution is 2.16. The van der Waals surface area contributed by atoms with Crippen molar-refractivity contribution in [2.45, 2.75) is 26.8 Å². The molecule has 7 nitrogen and oxygen atoms in total. The number of aryl methyl sites for hydroxylation is 1. The number of hydrogen-bond donors (Lipinski definition) is 2. The van der Waals surface area contributed by atoms with Gasteiger partial charge in [0.15, 0.2) is 0 Å². The third kappa shape index (κ3) is 5.78. The van der Waals surface area contributed by atoms with E-state index in [1.807, 2.05) is 6.92 Å². The maximum Gasteiger partial charge on any atom is 0.270 e. The fourth-order valence-electron chi connectivity index (χ4n) is 2.29. The summed E-state index contributed by atoms with van der Waals surface area (Å²) in [5, 5.41) is 16.3. The molecule has 0 saturated carbocycles. The van der Waals surface area contributed by atoms with Gasteiger partial charge in [0, 0.05) is 23.7 Å². The van der Waals surface area contributed by atoms with Crippen molar-refractivity contribution in [3.05, 3.63) is 81.0 Å². The lowest BCUT2D eigenvalue weighted by Gasteiger charge is -2.13. The molecule has 0 aliphatic heterocycles. The average molecular weight is 367 g/mol. The second kappa shape index (κ2) is 8.75. The summed E-state index contributed by atoms with van der Waals surface area (Å²) in [6, 6.07) is 12.6. The number of carbonyl (C=O) groups excluding carboxylic acids is 2. The number of nitrogens with zero attached hydrogens (tertiary/aromatic N) is 1. The van der Waals surface area contributed by atoms with Crippen LogP contribution in [0.1, 0.15) is 35.3 Å². The molecule has 140 valence electrons. The van der Waals surface area contributed by atoms with E-state index in [0.717, 1.165) is 5.56 Å². The average Bonchev–Trinajstić information content (AvgIpc) is 2.61. The number of nitro benzene ring substituents is 1. The predicted octanol–water partition coefficient (Wildman–Crippen LogP) is 3.20. The monoisotopic (exact) mass is 367 g/mol. The van der Waals surface area contributed by atoms with Gasteiger partial charge in [-0.3, -0.25) is 19.7 Å². The molecule has 0 radical (unpaired) electrons. The van der Waals surface area contributed by atoms with Gasteiger partial charge in [-0.15, -0.1) is 0 Å². The molecule has 27 heavy (non-hydrogen) atoms. The van der Waals surface area contributed by atoms with Crippen molar-refractivity contribution in [3.8, 4) is 0 Å². The van der Waals surface area contributed by atoms with Crippen LogP contribution in [0.15, 0.2) is 54.2 Å². The van der Waals surface area contributed by atoms with Crippen molar-refractivity contribution >= 4 is 23.6 Å². The van der Waals surface area contributed by atoms with Crippen LogP contribution in [0.4, 0.5) is 5.69 Å². The molecule has 0 aromatic heterocycles. The third-order valence-electron chi connectivity index (χ3n) is 3.62. The highest BCUT2D eigenvalue weighted by molar-refractivity contribution is 6.05. The van der Waals surface area contributed by atoms with E-state index >= 15 is 0 Å². The minimum atomic E-state index is -0.518. The van der Waals surface area contributed by atoms with Gasteiger partial charge in [0.05, 0.1) is 4.92 Å². The number of nitrogens with one attached hydrogen (secondary N) is 2. The van der Waals surface area contributed by atoms with Crippen LogP contribution >= 0.6 is 0 Å². The summed E-state index contributed by atoms with van der Waals surface area (Å²) in [4.78, 5) is 35.4. The topological polar surface area (TPSA) is 101 Å². The standard InChI is InChI=1S/C20H21N3O4/c1-13(2)21-20(25)18(12-15-5-4-6-17(11-15)23(26)27)22-19(24)16-9-7-14(3)8-10-16/h4-13H,1-3H3,(H,21,25)(H,22,24)/b18-12-. The molecule has 2 amide bonds. The van der Waals surface area contributed by atoms with Crippen molar-refractivity contribution < 1.29 is 14.5 Å². The number of non-ortho nitro benzene ring substituents is 1. The van der Waals surface area contributed by atoms with E-state index in [1.165, 1.54) is 24.3 Å². The number of amides is 2. The van der Waals surface area contributed by atoms with Gasteiger partial charge in [0.1, 0.15) is 5.70 Å². The zero-order valence-corrected chi connectivity index (χ0v) is 15.4. The molecule has 2 aromatic rings. The Morgan fingerprint density at radius 2 is 1.78 bits per heavy atom. The lowest BCUT2D eigenvalue weighted by Crippen LogP contribution is -2.38. The van der Waals surface area contributed by atoms with Crippen LogP contribution in [0.5, 0.6) is 0 Å². The van der Waals surface area contributed by atoms with Gasteiger partial charge >= 0.3 is 0 Å². The molecule has 0 aliphatic carbocycles. The predicted molar refractivity (Wildman–Crippen MR) is 103 cm³/mol. The lowest BCUT2D eigenvalue weighted by atomic mass is 10.1. The first-order chi connectivity index (χ1) is 12.8. The van der Waals surface area contributed by atoms with Gasteiger partial charge in [-0.25, -0.2) is 0 Å². The Balaban J connectivity index is 2.34. The van der Waals surface area contributed by atoms with Gasteiger partial charge in [0.25, 0.3) is 17.5 Å². The molecule has 0 fully saturated rings. The Labute approximate surface area is 157 Å². The molecule has 0 bridgehead atoms. The van der Waals surface area contributed by atoms with Crippen LogP contribution in [-0.2, 0) is 4.79 Å². The van der Waals surface area contributed by atoms with E-state index in [4.69, 9.17) is 0 Å². The van der Waals surface area contributed by atoms with Crippen LogP contribution in [0, 0.1) is 17.0 Å². The normalized spacial score (nSPS) is 11.2. The first-order valence-corrected chi connectivity index (χ1v) is 8.41. The number of benzene rings is 2. The van der Waals surface area contributed by atoms with Gasteiger partial charge in [-0.2, -0.15) is 0 Å². The number of hydrogen-bond acceptors (Lipinski definition) is 4. The third-order valence-corrected chi connectivity index (χ3v) is 3.62. The smallest absolute Gasteiger partial charge is 0.270 e. The van der Waals surface area contributed by atoms with Crippen molar-refractivity contribution in [3.63, 3.8) is 0 Å². The Morgan fingerprint density at radius 1 is 1.11 bits per heavy atom. The SMILES string of the molecule is Cc1ccc(C(=O)N/C(=C\c2cccc([N+](=O)[O-])c2)C(=O)NC(C)C)cc1. The fraction of sp³-hybridized carbons (Fsp3) is 0.200. The fourth-order valence-corrected chi connectivity index (χ4v) is 2.29. The second-order valence-corrected chi connectivity index (χ2v) is 6.36. The molecule has 2 N–H and O–H groups in total. The van der Waals surface area contributed by atoms with Crippen LogP contribution in [0.3, 0.4) is 0 Å². The molecule has 0 saturated heterocycles. The largest absolute Gasteiger partial charge is 0.349 e. The van der Waals surface area contributed by atoms with Gasteiger partial charge in [-0.05, 0) is 44.5 Å². The van der Waals surface area contributed by atoms with Crippen LogP contribution in [-0.4, -0.2) is 22.8 Å². The quantitative estimate of drug-likeness (QED) is 0.465. The molecular weight excluding hydrogens is 346 g/mol. The van der Waals surface area contributed by atoms with Gasteiger partial charge in [-0.1, -0.05) is 29.8 Å². The van der Waals surface area contributed by atoms with Gasteiger partial charge in [0.2, 0.25) is 0 Å². The van der Waals surface area contributed by atoms with E-state index in [0.29, 0.717) is 11.1 Å². The Morgan fingerprint density at radius 3 is 2.37 bits per heavy atom. The Kier molecular flexibility index (Phi) is 6.43. The van der Waals surface area contributed by atoms with Crippen LogP contribution in [0.2, 0.25) is 0 Å². The van der Waals surface area contributed by atoms with Crippen LogP contribution in [0.25, 0.3) is 6.08 Å². The van der Waals surface area contributed by atoms with Crippen LogP contribution < -0.4 is 10.6 Å². The van der Waals surface area contributed by atoms with E-state index in [1.54, 1.807) is 44.2 Å². The van der Waals surface area contributed by atoms with E-state index in [9.17, 15) is 19.7 Å². The first-order valence-electron chi connectivity index (χ1n) is 8.41. The minimum absolute atomic E-state index is 0.00905. The van der Waals surface area contributed by atoms with E-state index in [2.05, 4.69) is 10.6 Å². The van der Waals surface area contributed by atoms with Crippen molar-refractivity contribution in [1.82, 2.24) is 10.6 Å². The van der Waals surface area contributed by atoms with Crippen molar-refractivity contribution in [1.29, 1.82) is 0 Å². The van der Waals surface area contributed by atoms with Gasteiger partial charge < -0.3 is 10.6 Å². The molecular formula is C20H21N3O4. The summed E-state index contributed by atoms with van der Waals surface area (Å²) in [6.45, 7) is 5.50. The Hall–Kier alpha value is -3.48. The summed E-state index contributed by atoms with van der Waals surface area (Å²) >= 11 is 0. The molecule has 0 aliphatic rings. The molecule has 0 atom stereocenters. The van der Waals surface area contributed by atoms with E-state index < -0.39 is 16.7 Å². The minimum Gasteiger partial charge on any atom is -0.349 e. The number of carbonyl (C=O) groups is 2. The molecule has 7 heteroatoms. The molecule has 2 rings (SSSR count). The summed E-state index contributed by atoms with van der Waals surface area (Å²) in [6.07, 6.45) is 1.41. The molecule has 0 unspecified atom stereocenters. The second-order valence-electron chi connectivity index (χ2n) is 6.36. The lowest BCUT2D eigenvalue weighted by molar-refractivity contribution is -0.384. The van der Waals surface area contributed by atoms with E-state index in [-0.39, 0.29) is 17.4 Å². The molecule has 0 heterocycles. The summed E-state index contributed by atoms with van der Waals surface area (Å²) in [5.41, 5.74) is 1.76. The highest BCUT2D eigenvalue weighted by atomic mass is 16.6. The summed E-state index contributed by atoms with van der Waals surface area (Å²) < 4.78 is 0. The maximum atomic E-state index is 12.5. The zero-order valence-electron chi connectivity index (χ0n) is 15.4. The highest BCUT2D eigenvalue weighted by Gasteiger charge is 2.16. The zero-order chi connectivity index (χ0) is 20.0. The number of rotatable bonds is 6. The van der Waals surface area contributed by atoms with Crippen molar-refractivity contribution in [2.75, 3.05) is 0 Å².